The number of anilines is 1. The summed E-state index contributed by atoms with van der Waals surface area (Å²) in [4.78, 5) is 9.05. The number of hydrogen-bond donors (Lipinski definition) is 1. The fourth-order valence-corrected chi connectivity index (χ4v) is 2.20. The summed E-state index contributed by atoms with van der Waals surface area (Å²) in [7, 11) is 0. The van der Waals surface area contributed by atoms with Crippen molar-refractivity contribution in [2.75, 3.05) is 5.43 Å². The van der Waals surface area contributed by atoms with Crippen molar-refractivity contribution in [1.82, 2.24) is 9.97 Å². The Hall–Kier alpha value is -3.08. The van der Waals surface area contributed by atoms with Gasteiger partial charge in [-0.05, 0) is 19.9 Å². The van der Waals surface area contributed by atoms with Gasteiger partial charge in [0.15, 0.2) is 11.6 Å². The van der Waals surface area contributed by atoms with E-state index in [1.165, 1.54) is 12.3 Å². The Morgan fingerprint density at radius 1 is 0.958 bits per heavy atom. The summed E-state index contributed by atoms with van der Waals surface area (Å²) in [5.41, 5.74) is 6.01. The maximum absolute atomic E-state index is 13.6. The number of aromatic nitrogens is 2. The number of benzene rings is 2. The molecule has 0 atom stereocenters. The first-order valence-electron chi connectivity index (χ1n) is 7.59. The van der Waals surface area contributed by atoms with Crippen LogP contribution in [0, 0.1) is 19.7 Å². The first kappa shape index (κ1) is 15.8. The molecule has 0 unspecified atom stereocenters. The van der Waals surface area contributed by atoms with E-state index in [4.69, 9.17) is 0 Å². The Morgan fingerprint density at radius 2 is 1.67 bits per heavy atom. The number of nitrogens with zero attached hydrogens (tertiary/aromatic N) is 3. The second-order valence-corrected chi connectivity index (χ2v) is 5.36. The molecule has 1 aromatic heterocycles. The molecule has 0 fully saturated rings. The molecule has 3 rings (SSSR count). The zero-order valence-corrected chi connectivity index (χ0v) is 13.5. The summed E-state index contributed by atoms with van der Waals surface area (Å²) < 4.78 is 13.6. The average molecular weight is 320 g/mol. The van der Waals surface area contributed by atoms with Gasteiger partial charge in [-0.25, -0.2) is 14.4 Å². The average Bonchev–Trinajstić information content (AvgIpc) is 2.61. The highest BCUT2D eigenvalue weighted by Crippen LogP contribution is 2.21. The molecular formula is C19H17FN4. The molecule has 24 heavy (non-hydrogen) atoms. The molecule has 0 saturated carbocycles. The monoisotopic (exact) mass is 320 g/mol. The Kier molecular flexibility index (Phi) is 4.61. The minimum absolute atomic E-state index is 0.316. The van der Waals surface area contributed by atoms with Crippen molar-refractivity contribution >= 4 is 12.0 Å². The lowest BCUT2D eigenvalue weighted by atomic mass is 10.2. The molecule has 5 heteroatoms. The zero-order valence-electron chi connectivity index (χ0n) is 13.5. The lowest BCUT2D eigenvalue weighted by molar-refractivity contribution is 0.626. The summed E-state index contributed by atoms with van der Waals surface area (Å²) in [5.74, 6) is 0.917. The van der Waals surface area contributed by atoms with Crippen molar-refractivity contribution in [3.8, 4) is 11.4 Å². The number of halogens is 1. The Labute approximate surface area is 140 Å². The number of aryl methyl sites for hydroxylation is 1. The van der Waals surface area contributed by atoms with Crippen LogP contribution in [0.15, 0.2) is 59.7 Å². The molecule has 0 radical (unpaired) electrons. The number of nitrogens with one attached hydrogen (secondary N) is 1. The summed E-state index contributed by atoms with van der Waals surface area (Å²) in [5, 5.41) is 4.10. The van der Waals surface area contributed by atoms with Gasteiger partial charge in [0.05, 0.1) is 6.21 Å². The smallest absolute Gasteiger partial charge is 0.161 e. The molecule has 3 aromatic rings. The summed E-state index contributed by atoms with van der Waals surface area (Å²) in [6, 6.07) is 16.2. The van der Waals surface area contributed by atoms with Crippen molar-refractivity contribution in [3.05, 3.63) is 77.2 Å². The van der Waals surface area contributed by atoms with Crippen LogP contribution < -0.4 is 5.43 Å². The van der Waals surface area contributed by atoms with E-state index in [-0.39, 0.29) is 5.82 Å². The molecule has 0 aliphatic rings. The van der Waals surface area contributed by atoms with Gasteiger partial charge in [-0.15, -0.1) is 0 Å². The summed E-state index contributed by atoms with van der Waals surface area (Å²) >= 11 is 0. The van der Waals surface area contributed by atoms with Crippen LogP contribution in [-0.4, -0.2) is 16.2 Å². The van der Waals surface area contributed by atoms with Crippen LogP contribution in [0.25, 0.3) is 11.4 Å². The van der Waals surface area contributed by atoms with E-state index in [2.05, 4.69) is 20.5 Å². The molecule has 4 nitrogen and oxygen atoms in total. The van der Waals surface area contributed by atoms with Crippen molar-refractivity contribution in [2.24, 2.45) is 5.10 Å². The Balaban J connectivity index is 1.88. The van der Waals surface area contributed by atoms with Gasteiger partial charge in [0.25, 0.3) is 0 Å². The molecular weight excluding hydrogens is 303 g/mol. The zero-order chi connectivity index (χ0) is 16.9. The normalized spacial score (nSPS) is 11.0. The Morgan fingerprint density at radius 3 is 2.42 bits per heavy atom. The molecule has 0 aliphatic heterocycles. The van der Waals surface area contributed by atoms with Crippen LogP contribution in [0.4, 0.5) is 10.2 Å². The van der Waals surface area contributed by atoms with E-state index in [1.54, 1.807) is 18.2 Å². The third-order valence-corrected chi connectivity index (χ3v) is 3.70. The number of rotatable bonds is 4. The van der Waals surface area contributed by atoms with Crippen LogP contribution in [0.5, 0.6) is 0 Å². The highest BCUT2D eigenvalue weighted by atomic mass is 19.1. The maximum atomic E-state index is 13.6. The molecule has 1 N–H and O–H groups in total. The molecule has 1 heterocycles. The van der Waals surface area contributed by atoms with Gasteiger partial charge in [0.1, 0.15) is 5.82 Å². The Bertz CT molecular complexity index is 876. The molecule has 0 bridgehead atoms. The maximum Gasteiger partial charge on any atom is 0.161 e. The molecule has 0 amide bonds. The van der Waals surface area contributed by atoms with Crippen molar-refractivity contribution in [3.63, 3.8) is 0 Å². The summed E-state index contributed by atoms with van der Waals surface area (Å²) in [6.45, 7) is 3.85. The van der Waals surface area contributed by atoms with E-state index < -0.39 is 0 Å². The minimum Gasteiger partial charge on any atom is -0.261 e. The minimum atomic E-state index is -0.316. The third kappa shape index (κ3) is 3.46. The lowest BCUT2D eigenvalue weighted by Gasteiger charge is -2.09. The highest BCUT2D eigenvalue weighted by molar-refractivity contribution is 5.80. The SMILES string of the molecule is Cc1nc(-c2ccccc2)nc(N/N=C/c2ccccc2F)c1C. The fraction of sp³-hybridized carbons (Fsp3) is 0.105. The molecule has 0 saturated heterocycles. The van der Waals surface area contributed by atoms with Gasteiger partial charge in [0.2, 0.25) is 0 Å². The molecule has 120 valence electrons. The fourth-order valence-electron chi connectivity index (χ4n) is 2.20. The second kappa shape index (κ2) is 7.00. The highest BCUT2D eigenvalue weighted by Gasteiger charge is 2.09. The van der Waals surface area contributed by atoms with Crippen LogP contribution in [0.1, 0.15) is 16.8 Å². The third-order valence-electron chi connectivity index (χ3n) is 3.70. The molecule has 0 spiro atoms. The van der Waals surface area contributed by atoms with E-state index in [0.717, 1.165) is 16.8 Å². The summed E-state index contributed by atoms with van der Waals surface area (Å²) in [6.07, 6.45) is 1.44. The van der Waals surface area contributed by atoms with Crippen molar-refractivity contribution < 1.29 is 4.39 Å². The van der Waals surface area contributed by atoms with Crippen LogP contribution >= 0.6 is 0 Å². The van der Waals surface area contributed by atoms with Gasteiger partial charge < -0.3 is 0 Å². The lowest BCUT2D eigenvalue weighted by Crippen LogP contribution is -2.03. The number of hydrogen-bond acceptors (Lipinski definition) is 4. The van der Waals surface area contributed by atoms with Crippen LogP contribution in [-0.2, 0) is 0 Å². The second-order valence-electron chi connectivity index (χ2n) is 5.36. The first-order valence-corrected chi connectivity index (χ1v) is 7.59. The molecule has 2 aromatic carbocycles. The molecule has 0 aliphatic carbocycles. The van der Waals surface area contributed by atoms with E-state index in [1.807, 2.05) is 44.2 Å². The van der Waals surface area contributed by atoms with Gasteiger partial charge in [-0.3, -0.25) is 5.43 Å². The van der Waals surface area contributed by atoms with Crippen molar-refractivity contribution in [2.45, 2.75) is 13.8 Å². The van der Waals surface area contributed by atoms with Gasteiger partial charge in [-0.1, -0.05) is 48.5 Å². The predicted molar refractivity (Wildman–Crippen MR) is 94.6 cm³/mol. The largest absolute Gasteiger partial charge is 0.261 e. The standard InChI is InChI=1S/C19H17FN4/c1-13-14(2)22-19(15-8-4-3-5-9-15)23-18(13)24-21-12-16-10-6-7-11-17(16)20/h3-12H,1-2H3,(H,22,23,24)/b21-12+. The van der Waals surface area contributed by atoms with Crippen molar-refractivity contribution in [1.29, 1.82) is 0 Å². The van der Waals surface area contributed by atoms with Gasteiger partial charge >= 0.3 is 0 Å². The predicted octanol–water partition coefficient (Wildman–Crippen LogP) is 4.35. The number of hydrazone groups is 1. The van der Waals surface area contributed by atoms with Gasteiger partial charge in [0, 0.05) is 22.4 Å². The van der Waals surface area contributed by atoms with E-state index in [9.17, 15) is 4.39 Å². The quantitative estimate of drug-likeness (QED) is 0.574. The van der Waals surface area contributed by atoms with E-state index >= 15 is 0 Å². The van der Waals surface area contributed by atoms with E-state index in [0.29, 0.717) is 17.2 Å². The van der Waals surface area contributed by atoms with Crippen LogP contribution in [0.3, 0.4) is 0 Å². The first-order chi connectivity index (χ1) is 11.6. The van der Waals surface area contributed by atoms with Gasteiger partial charge in [-0.2, -0.15) is 5.10 Å². The van der Waals surface area contributed by atoms with Crippen LogP contribution in [0.2, 0.25) is 0 Å². The topological polar surface area (TPSA) is 50.2 Å².